The van der Waals surface area contributed by atoms with E-state index in [0.717, 1.165) is 18.6 Å². The van der Waals surface area contributed by atoms with E-state index in [0.29, 0.717) is 13.1 Å². The van der Waals surface area contributed by atoms with Crippen LogP contribution in [0, 0.1) is 0 Å². The summed E-state index contributed by atoms with van der Waals surface area (Å²) in [5.74, 6) is -0.260. The highest BCUT2D eigenvalue weighted by atomic mass is 35.5. The van der Waals surface area contributed by atoms with E-state index >= 15 is 0 Å². The Morgan fingerprint density at radius 3 is 2.67 bits per heavy atom. The number of hydrogen-bond acceptors (Lipinski definition) is 3. The van der Waals surface area contributed by atoms with Gasteiger partial charge in [-0.2, -0.15) is 18.3 Å². The van der Waals surface area contributed by atoms with Gasteiger partial charge in [0.25, 0.3) is 5.91 Å². The fourth-order valence-electron chi connectivity index (χ4n) is 2.54. The Bertz CT molecular complexity index is 732. The predicted molar refractivity (Wildman–Crippen MR) is 84.3 cm³/mol. The number of nitrogens with two attached hydrogens (primary N) is 1. The summed E-state index contributed by atoms with van der Waals surface area (Å²) in [5.41, 5.74) is 5.45. The van der Waals surface area contributed by atoms with Crippen molar-refractivity contribution in [2.24, 2.45) is 5.73 Å². The van der Waals surface area contributed by atoms with Crippen LogP contribution in [0.3, 0.4) is 0 Å². The fourth-order valence-corrected chi connectivity index (χ4v) is 2.54. The van der Waals surface area contributed by atoms with Gasteiger partial charge in [0.15, 0.2) is 5.69 Å². The number of rotatable bonds is 2. The Morgan fingerprint density at radius 1 is 1.29 bits per heavy atom. The van der Waals surface area contributed by atoms with Gasteiger partial charge in [0.2, 0.25) is 0 Å². The molecule has 1 aliphatic rings. The van der Waals surface area contributed by atoms with E-state index in [1.54, 1.807) is 4.90 Å². The molecule has 9 heteroatoms. The standard InChI is InChI=1S/C15H15F3N4O.ClH/c16-15(17,18)10-2-1-3-12(8-10)22-7-5-13(20-22)14(23)21-6-4-11(19)9-21;/h1-3,5,7-8,11H,4,6,9,19H2;1H/t11-;/m1./s1. The Balaban J connectivity index is 0.00000208. The molecule has 130 valence electrons. The van der Waals surface area contributed by atoms with Crippen molar-refractivity contribution in [3.63, 3.8) is 0 Å². The van der Waals surface area contributed by atoms with Crippen molar-refractivity contribution >= 4 is 18.3 Å². The molecule has 1 atom stereocenters. The lowest BCUT2D eigenvalue weighted by molar-refractivity contribution is -0.137. The number of hydrogen-bond donors (Lipinski definition) is 1. The Hall–Kier alpha value is -2.06. The first-order chi connectivity index (χ1) is 10.8. The van der Waals surface area contributed by atoms with Gasteiger partial charge in [-0.05, 0) is 30.7 Å². The SMILES string of the molecule is Cl.N[C@@H]1CCN(C(=O)c2ccn(-c3cccc(C(F)(F)F)c3)n2)C1. The lowest BCUT2D eigenvalue weighted by atomic mass is 10.2. The smallest absolute Gasteiger partial charge is 0.336 e. The van der Waals surface area contributed by atoms with Crippen molar-refractivity contribution in [2.45, 2.75) is 18.6 Å². The molecule has 1 fully saturated rings. The van der Waals surface area contributed by atoms with E-state index < -0.39 is 11.7 Å². The van der Waals surface area contributed by atoms with E-state index in [2.05, 4.69) is 5.10 Å². The summed E-state index contributed by atoms with van der Waals surface area (Å²) in [6.07, 6.45) is -2.22. The number of carbonyl (C=O) groups is 1. The Kier molecular flexibility index (Phi) is 5.19. The second kappa shape index (κ2) is 6.82. The highest BCUT2D eigenvalue weighted by molar-refractivity contribution is 5.92. The van der Waals surface area contributed by atoms with Crippen molar-refractivity contribution in [2.75, 3.05) is 13.1 Å². The highest BCUT2D eigenvalue weighted by Gasteiger charge is 2.31. The third kappa shape index (κ3) is 3.70. The molecule has 3 rings (SSSR count). The van der Waals surface area contributed by atoms with Crippen LogP contribution in [-0.2, 0) is 6.18 Å². The van der Waals surface area contributed by atoms with Crippen LogP contribution in [0.2, 0.25) is 0 Å². The first kappa shape index (κ1) is 18.3. The van der Waals surface area contributed by atoms with Crippen molar-refractivity contribution in [3.05, 3.63) is 47.8 Å². The van der Waals surface area contributed by atoms with Crippen LogP contribution in [-0.4, -0.2) is 39.7 Å². The van der Waals surface area contributed by atoms with Gasteiger partial charge in [0.05, 0.1) is 11.3 Å². The molecular weight excluding hydrogens is 345 g/mol. The number of amides is 1. The minimum Gasteiger partial charge on any atom is -0.336 e. The van der Waals surface area contributed by atoms with E-state index in [1.165, 1.54) is 29.1 Å². The second-order valence-electron chi connectivity index (χ2n) is 5.49. The molecule has 1 saturated heterocycles. The zero-order valence-corrected chi connectivity index (χ0v) is 13.3. The fraction of sp³-hybridized carbons (Fsp3) is 0.333. The van der Waals surface area contributed by atoms with E-state index in [4.69, 9.17) is 5.73 Å². The van der Waals surface area contributed by atoms with Crippen LogP contribution in [0.1, 0.15) is 22.5 Å². The number of carbonyl (C=O) groups excluding carboxylic acids is 1. The normalized spacial score (nSPS) is 17.7. The zero-order chi connectivity index (χ0) is 16.6. The summed E-state index contributed by atoms with van der Waals surface area (Å²) in [6.45, 7) is 1.03. The van der Waals surface area contributed by atoms with Gasteiger partial charge in [-0.25, -0.2) is 4.68 Å². The first-order valence-corrected chi connectivity index (χ1v) is 7.13. The molecule has 0 aliphatic carbocycles. The van der Waals surface area contributed by atoms with Crippen molar-refractivity contribution in [3.8, 4) is 5.69 Å². The average Bonchev–Trinajstić information content (AvgIpc) is 3.15. The van der Waals surface area contributed by atoms with Crippen LogP contribution in [0.25, 0.3) is 5.69 Å². The third-order valence-corrected chi connectivity index (χ3v) is 3.76. The largest absolute Gasteiger partial charge is 0.416 e. The van der Waals surface area contributed by atoms with Gasteiger partial charge in [0, 0.05) is 25.3 Å². The van der Waals surface area contributed by atoms with Gasteiger partial charge in [-0.1, -0.05) is 6.07 Å². The zero-order valence-electron chi connectivity index (χ0n) is 12.5. The molecule has 2 aromatic rings. The predicted octanol–water partition coefficient (Wildman–Crippen LogP) is 2.49. The summed E-state index contributed by atoms with van der Waals surface area (Å²) >= 11 is 0. The van der Waals surface area contributed by atoms with E-state index in [9.17, 15) is 18.0 Å². The lowest BCUT2D eigenvalue weighted by Crippen LogP contribution is -2.32. The number of benzene rings is 1. The van der Waals surface area contributed by atoms with Gasteiger partial charge < -0.3 is 10.6 Å². The number of likely N-dealkylation sites (tertiary alicyclic amines) is 1. The van der Waals surface area contributed by atoms with E-state index in [1.807, 2.05) is 0 Å². The summed E-state index contributed by atoms with van der Waals surface area (Å²) in [7, 11) is 0. The Morgan fingerprint density at radius 2 is 2.04 bits per heavy atom. The highest BCUT2D eigenvalue weighted by Crippen LogP contribution is 2.30. The molecule has 24 heavy (non-hydrogen) atoms. The maximum Gasteiger partial charge on any atom is 0.416 e. The van der Waals surface area contributed by atoms with Crippen molar-refractivity contribution in [1.29, 1.82) is 0 Å². The van der Waals surface area contributed by atoms with E-state index in [-0.39, 0.29) is 35.7 Å². The molecule has 5 nitrogen and oxygen atoms in total. The second-order valence-corrected chi connectivity index (χ2v) is 5.49. The molecule has 2 heterocycles. The average molecular weight is 361 g/mol. The monoisotopic (exact) mass is 360 g/mol. The van der Waals surface area contributed by atoms with Crippen LogP contribution in [0.15, 0.2) is 36.5 Å². The summed E-state index contributed by atoms with van der Waals surface area (Å²) in [4.78, 5) is 13.9. The number of aromatic nitrogens is 2. The van der Waals surface area contributed by atoms with Gasteiger partial charge in [-0.15, -0.1) is 12.4 Å². The lowest BCUT2D eigenvalue weighted by Gasteiger charge is -2.13. The minimum atomic E-state index is -4.42. The topological polar surface area (TPSA) is 64.2 Å². The molecule has 1 aromatic heterocycles. The molecule has 1 aliphatic heterocycles. The number of alkyl halides is 3. The molecule has 0 saturated carbocycles. The summed E-state index contributed by atoms with van der Waals surface area (Å²) in [5, 5.41) is 4.09. The molecule has 1 amide bonds. The Labute approximate surface area is 142 Å². The summed E-state index contributed by atoms with van der Waals surface area (Å²) < 4.78 is 39.5. The maximum atomic E-state index is 12.8. The first-order valence-electron chi connectivity index (χ1n) is 7.13. The summed E-state index contributed by atoms with van der Waals surface area (Å²) in [6, 6.07) is 6.25. The molecular formula is C15H16ClF3N4O. The van der Waals surface area contributed by atoms with Crippen molar-refractivity contribution < 1.29 is 18.0 Å². The third-order valence-electron chi connectivity index (χ3n) is 3.76. The number of nitrogens with zero attached hydrogens (tertiary/aromatic N) is 3. The maximum absolute atomic E-state index is 12.8. The van der Waals surface area contributed by atoms with Crippen LogP contribution in [0.4, 0.5) is 13.2 Å². The molecule has 0 spiro atoms. The van der Waals surface area contributed by atoms with Gasteiger partial charge in [0.1, 0.15) is 0 Å². The quantitative estimate of drug-likeness (QED) is 0.895. The van der Waals surface area contributed by atoms with Crippen LogP contribution < -0.4 is 5.73 Å². The molecule has 1 aromatic carbocycles. The van der Waals surface area contributed by atoms with Gasteiger partial charge >= 0.3 is 6.18 Å². The van der Waals surface area contributed by atoms with Crippen LogP contribution in [0.5, 0.6) is 0 Å². The molecule has 0 unspecified atom stereocenters. The van der Waals surface area contributed by atoms with Crippen molar-refractivity contribution in [1.82, 2.24) is 14.7 Å². The number of halogens is 4. The minimum absolute atomic E-state index is 0. The molecule has 0 bridgehead atoms. The molecule has 0 radical (unpaired) electrons. The van der Waals surface area contributed by atoms with Crippen LogP contribution >= 0.6 is 12.4 Å². The molecule has 2 N–H and O–H groups in total. The van der Waals surface area contributed by atoms with Gasteiger partial charge in [-0.3, -0.25) is 4.79 Å².